The molecular weight excluding hydrogens is 439 g/mol. The van der Waals surface area contributed by atoms with Gasteiger partial charge >= 0.3 is 6.01 Å². The summed E-state index contributed by atoms with van der Waals surface area (Å²) in [5.74, 6) is -0.171. The van der Waals surface area contributed by atoms with Gasteiger partial charge in [0.15, 0.2) is 0 Å². The van der Waals surface area contributed by atoms with E-state index in [1.807, 2.05) is 6.07 Å². The van der Waals surface area contributed by atoms with Crippen LogP contribution in [-0.4, -0.2) is 39.5 Å². The van der Waals surface area contributed by atoms with Gasteiger partial charge in [0.1, 0.15) is 11.0 Å². The maximum Gasteiger partial charge on any atom is 0.316 e. The van der Waals surface area contributed by atoms with Gasteiger partial charge in [-0.1, -0.05) is 29.3 Å². The van der Waals surface area contributed by atoms with E-state index in [9.17, 15) is 4.79 Å². The molecule has 5 rings (SSSR count). The second kappa shape index (κ2) is 7.72. The number of amides is 1. The molecule has 10 heteroatoms. The number of fused-ring (bicyclic) bond motifs is 2. The summed E-state index contributed by atoms with van der Waals surface area (Å²) in [6.45, 7) is 0.552. The number of carbonyl (C=O) groups is 1. The van der Waals surface area contributed by atoms with Crippen LogP contribution >= 0.6 is 23.2 Å². The summed E-state index contributed by atoms with van der Waals surface area (Å²) < 4.78 is 5.19. The Balaban J connectivity index is 1.76. The topological polar surface area (TPSA) is 105 Å². The van der Waals surface area contributed by atoms with Crippen LogP contribution in [0, 0.1) is 0 Å². The van der Waals surface area contributed by atoms with Gasteiger partial charge in [0.05, 0.1) is 46.0 Å². The minimum absolute atomic E-state index is 0.171. The number of H-pyrrole nitrogens is 1. The average Bonchev–Trinajstić information content (AvgIpc) is 3.15. The van der Waals surface area contributed by atoms with E-state index in [1.165, 1.54) is 7.11 Å². The first-order chi connectivity index (χ1) is 15.1. The van der Waals surface area contributed by atoms with Crippen molar-refractivity contribution in [2.75, 3.05) is 19.0 Å². The highest BCUT2D eigenvalue weighted by Gasteiger charge is 2.28. The molecule has 8 nitrogen and oxygen atoms in total. The van der Waals surface area contributed by atoms with Crippen LogP contribution in [0.4, 0.5) is 11.4 Å². The monoisotopic (exact) mass is 454 g/mol. The zero-order chi connectivity index (χ0) is 21.5. The van der Waals surface area contributed by atoms with E-state index < -0.39 is 0 Å². The summed E-state index contributed by atoms with van der Waals surface area (Å²) in [6.07, 6.45) is 3.94. The first-order valence-electron chi connectivity index (χ1n) is 9.47. The van der Waals surface area contributed by atoms with Crippen molar-refractivity contribution < 1.29 is 9.53 Å². The van der Waals surface area contributed by atoms with Crippen LogP contribution in [0.3, 0.4) is 0 Å². The number of hydrogen-bond donors (Lipinski definition) is 3. The second-order valence-corrected chi connectivity index (χ2v) is 7.70. The molecule has 1 amide bonds. The number of anilines is 2. The van der Waals surface area contributed by atoms with Crippen molar-refractivity contribution in [3.8, 4) is 17.3 Å². The lowest BCUT2D eigenvalue weighted by Gasteiger charge is -2.16. The summed E-state index contributed by atoms with van der Waals surface area (Å²) >= 11 is 12.6. The highest BCUT2D eigenvalue weighted by molar-refractivity contribution is 6.43. The van der Waals surface area contributed by atoms with Crippen LogP contribution in [0.2, 0.25) is 10.0 Å². The van der Waals surface area contributed by atoms with Crippen LogP contribution in [0.15, 0.2) is 36.7 Å². The number of ether oxygens (including phenoxy) is 1. The molecule has 31 heavy (non-hydrogen) atoms. The maximum absolute atomic E-state index is 12.8. The van der Waals surface area contributed by atoms with Crippen LogP contribution < -0.4 is 15.4 Å². The van der Waals surface area contributed by atoms with Gasteiger partial charge < -0.3 is 20.4 Å². The number of rotatable bonds is 4. The average molecular weight is 455 g/mol. The summed E-state index contributed by atoms with van der Waals surface area (Å²) in [4.78, 5) is 29.1. The molecule has 0 radical (unpaired) electrons. The molecule has 0 saturated carbocycles. The van der Waals surface area contributed by atoms with Gasteiger partial charge in [0.25, 0.3) is 5.91 Å². The highest BCUT2D eigenvalue weighted by atomic mass is 35.5. The number of aromatic amines is 1. The predicted molar refractivity (Wildman–Crippen MR) is 119 cm³/mol. The van der Waals surface area contributed by atoms with E-state index >= 15 is 0 Å². The summed E-state index contributed by atoms with van der Waals surface area (Å²) in [6, 6.07) is 7.34. The summed E-state index contributed by atoms with van der Waals surface area (Å²) in [5.41, 5.74) is 5.15. The third kappa shape index (κ3) is 3.34. The minimum Gasteiger partial charge on any atom is -0.467 e. The third-order valence-corrected chi connectivity index (χ3v) is 5.90. The van der Waals surface area contributed by atoms with E-state index in [0.29, 0.717) is 56.7 Å². The second-order valence-electron chi connectivity index (χ2n) is 6.91. The molecule has 3 N–H and O–H groups in total. The summed E-state index contributed by atoms with van der Waals surface area (Å²) in [7, 11) is 1.50. The minimum atomic E-state index is -0.171. The Morgan fingerprint density at radius 1 is 1.19 bits per heavy atom. The van der Waals surface area contributed by atoms with E-state index in [4.69, 9.17) is 27.9 Å². The zero-order valence-corrected chi connectivity index (χ0v) is 17.8. The molecule has 0 atom stereocenters. The van der Waals surface area contributed by atoms with Crippen molar-refractivity contribution in [2.24, 2.45) is 0 Å². The Hall–Kier alpha value is -3.36. The lowest BCUT2D eigenvalue weighted by molar-refractivity contribution is 0.0947. The van der Waals surface area contributed by atoms with Crippen molar-refractivity contribution >= 4 is 51.5 Å². The Bertz CT molecular complexity index is 1340. The molecule has 4 aromatic rings. The van der Waals surface area contributed by atoms with E-state index in [2.05, 4.69) is 30.6 Å². The first kappa shape index (κ1) is 19.6. The number of carbonyl (C=O) groups excluding carboxylic acids is 1. The van der Waals surface area contributed by atoms with Crippen LogP contribution in [-0.2, 0) is 6.42 Å². The molecule has 0 aliphatic carbocycles. The predicted octanol–water partition coefficient (Wildman–Crippen LogP) is 4.36. The molecule has 0 unspecified atom stereocenters. The molecule has 1 aliphatic rings. The van der Waals surface area contributed by atoms with Gasteiger partial charge in [-0.05, 0) is 18.2 Å². The zero-order valence-electron chi connectivity index (χ0n) is 16.3. The lowest BCUT2D eigenvalue weighted by atomic mass is 10.0. The SMILES string of the molecule is COc1ncc2nccc(-c3[nH]c4c(c3Nc3cccc(Cl)c3Cl)C(=O)NCC4)c2n1. The normalized spacial score (nSPS) is 13.1. The fraction of sp³-hybridized carbons (Fsp3) is 0.143. The Morgan fingerprint density at radius 2 is 2.06 bits per heavy atom. The van der Waals surface area contributed by atoms with Crippen molar-refractivity contribution in [3.05, 3.63) is 58.0 Å². The molecule has 3 aromatic heterocycles. The number of halogens is 2. The van der Waals surface area contributed by atoms with Gasteiger partial charge in [-0.3, -0.25) is 9.78 Å². The smallest absolute Gasteiger partial charge is 0.316 e. The molecule has 0 bridgehead atoms. The fourth-order valence-electron chi connectivity index (χ4n) is 3.66. The quantitative estimate of drug-likeness (QED) is 0.422. The van der Waals surface area contributed by atoms with Crippen molar-refractivity contribution in [1.82, 2.24) is 25.3 Å². The first-order valence-corrected chi connectivity index (χ1v) is 10.2. The van der Waals surface area contributed by atoms with Crippen molar-refractivity contribution in [2.45, 2.75) is 6.42 Å². The molecule has 0 fully saturated rings. The highest BCUT2D eigenvalue weighted by Crippen LogP contribution is 2.41. The number of aromatic nitrogens is 4. The molecular formula is C21H16Cl2N6O2. The number of hydrogen-bond acceptors (Lipinski definition) is 6. The molecule has 1 aromatic carbocycles. The fourth-order valence-corrected chi connectivity index (χ4v) is 4.01. The van der Waals surface area contributed by atoms with Gasteiger partial charge in [0.2, 0.25) is 0 Å². The largest absolute Gasteiger partial charge is 0.467 e. The van der Waals surface area contributed by atoms with E-state index in [0.717, 1.165) is 11.3 Å². The van der Waals surface area contributed by atoms with Gasteiger partial charge in [-0.2, -0.15) is 4.98 Å². The van der Waals surface area contributed by atoms with E-state index in [-0.39, 0.29) is 11.9 Å². The maximum atomic E-state index is 12.8. The Labute approximate surface area is 187 Å². The number of benzene rings is 1. The molecule has 0 saturated heterocycles. The van der Waals surface area contributed by atoms with Crippen LogP contribution in [0.1, 0.15) is 16.1 Å². The number of methoxy groups -OCH3 is 1. The number of pyridine rings is 1. The summed E-state index contributed by atoms with van der Waals surface area (Å²) in [5, 5.41) is 6.98. The van der Waals surface area contributed by atoms with Gasteiger partial charge in [0, 0.05) is 30.4 Å². The molecule has 0 spiro atoms. The van der Waals surface area contributed by atoms with Crippen molar-refractivity contribution in [1.29, 1.82) is 0 Å². The Morgan fingerprint density at radius 3 is 2.90 bits per heavy atom. The molecule has 4 heterocycles. The van der Waals surface area contributed by atoms with Crippen LogP contribution in [0.5, 0.6) is 6.01 Å². The van der Waals surface area contributed by atoms with Crippen molar-refractivity contribution in [3.63, 3.8) is 0 Å². The van der Waals surface area contributed by atoms with Crippen LogP contribution in [0.25, 0.3) is 22.3 Å². The Kier molecular flexibility index (Phi) is 4.88. The number of nitrogens with zero attached hydrogens (tertiary/aromatic N) is 3. The van der Waals surface area contributed by atoms with E-state index in [1.54, 1.807) is 30.6 Å². The lowest BCUT2D eigenvalue weighted by Crippen LogP contribution is -2.31. The number of nitrogens with one attached hydrogen (secondary N) is 3. The standard InChI is InChI=1S/C21H16Cl2N6O2/c1-31-21-26-9-14-17(29-21)10(5-7-24-14)18-19(15-12(27-18)6-8-25-20(15)30)28-13-4-2-3-11(22)16(13)23/h2-5,7,9,27-28H,6,8H2,1H3,(H,25,30). The van der Waals surface area contributed by atoms with Gasteiger partial charge in [-0.15, -0.1) is 0 Å². The molecule has 156 valence electrons. The van der Waals surface area contributed by atoms with Gasteiger partial charge in [-0.25, -0.2) is 4.98 Å². The molecule has 1 aliphatic heterocycles. The third-order valence-electron chi connectivity index (χ3n) is 5.09.